The summed E-state index contributed by atoms with van der Waals surface area (Å²) in [6.07, 6.45) is 2.73. The van der Waals surface area contributed by atoms with Crippen LogP contribution in [0.2, 0.25) is 0 Å². The number of benzene rings is 1. The van der Waals surface area contributed by atoms with Gasteiger partial charge in [-0.15, -0.1) is 0 Å². The lowest BCUT2D eigenvalue weighted by Crippen LogP contribution is -2.47. The first-order valence-corrected chi connectivity index (χ1v) is 7.40. The summed E-state index contributed by atoms with van der Waals surface area (Å²) in [5, 5.41) is 2.78. The maximum Gasteiger partial charge on any atom is 0.407 e. The highest BCUT2D eigenvalue weighted by Crippen LogP contribution is 2.29. The molecule has 1 spiro atoms. The van der Waals surface area contributed by atoms with Crippen molar-refractivity contribution in [1.82, 2.24) is 10.2 Å². The minimum atomic E-state index is -0.252. The van der Waals surface area contributed by atoms with Gasteiger partial charge >= 0.3 is 6.09 Å². The van der Waals surface area contributed by atoms with Gasteiger partial charge in [0.25, 0.3) is 0 Å². The lowest BCUT2D eigenvalue weighted by Gasteiger charge is -2.37. The first kappa shape index (κ1) is 13.4. The average molecular weight is 274 g/mol. The van der Waals surface area contributed by atoms with Gasteiger partial charge in [-0.05, 0) is 18.9 Å². The Morgan fingerprint density at radius 3 is 2.55 bits per heavy atom. The average Bonchev–Trinajstić information content (AvgIpc) is 2.81. The van der Waals surface area contributed by atoms with E-state index in [0.717, 1.165) is 38.9 Å². The minimum absolute atomic E-state index is 0.225. The van der Waals surface area contributed by atoms with Crippen LogP contribution in [-0.4, -0.2) is 42.8 Å². The largest absolute Gasteiger partial charge is 0.441 e. The SMILES string of the molecule is Cc1ccc(CCN2CCC3(CC2)CNC(=O)O3)cc1. The van der Waals surface area contributed by atoms with E-state index in [0.29, 0.717) is 6.54 Å². The Morgan fingerprint density at radius 2 is 1.95 bits per heavy atom. The van der Waals surface area contributed by atoms with Crippen LogP contribution >= 0.6 is 0 Å². The quantitative estimate of drug-likeness (QED) is 0.918. The van der Waals surface area contributed by atoms with E-state index in [9.17, 15) is 4.79 Å². The zero-order valence-corrected chi connectivity index (χ0v) is 12.0. The van der Waals surface area contributed by atoms with Crippen molar-refractivity contribution in [3.63, 3.8) is 0 Å². The lowest BCUT2D eigenvalue weighted by atomic mass is 9.91. The van der Waals surface area contributed by atoms with E-state index in [1.807, 2.05) is 0 Å². The van der Waals surface area contributed by atoms with E-state index in [-0.39, 0.29) is 11.7 Å². The number of hydrogen-bond acceptors (Lipinski definition) is 3. The topological polar surface area (TPSA) is 41.6 Å². The molecule has 1 N–H and O–H groups in total. The van der Waals surface area contributed by atoms with Crippen LogP contribution in [0.4, 0.5) is 4.79 Å². The van der Waals surface area contributed by atoms with Crippen LogP contribution in [0.5, 0.6) is 0 Å². The number of carbonyl (C=O) groups is 1. The third kappa shape index (κ3) is 2.96. The Balaban J connectivity index is 1.47. The number of nitrogens with zero attached hydrogens (tertiary/aromatic N) is 1. The predicted molar refractivity (Wildman–Crippen MR) is 77.8 cm³/mol. The maximum atomic E-state index is 11.2. The summed E-state index contributed by atoms with van der Waals surface area (Å²) in [6.45, 7) is 5.91. The Bertz CT molecular complexity index is 476. The molecule has 4 nitrogen and oxygen atoms in total. The number of rotatable bonds is 3. The van der Waals surface area contributed by atoms with Crippen LogP contribution in [0.15, 0.2) is 24.3 Å². The molecule has 2 heterocycles. The van der Waals surface area contributed by atoms with Gasteiger partial charge in [0.15, 0.2) is 0 Å². The number of piperidine rings is 1. The molecule has 1 amide bonds. The van der Waals surface area contributed by atoms with Crippen molar-refractivity contribution in [3.05, 3.63) is 35.4 Å². The Kier molecular flexibility index (Phi) is 3.66. The molecule has 0 aliphatic carbocycles. The van der Waals surface area contributed by atoms with Crippen LogP contribution in [0.1, 0.15) is 24.0 Å². The molecule has 0 bridgehead atoms. The summed E-state index contributed by atoms with van der Waals surface area (Å²) >= 11 is 0. The monoisotopic (exact) mass is 274 g/mol. The molecule has 20 heavy (non-hydrogen) atoms. The fourth-order valence-corrected chi connectivity index (χ4v) is 3.01. The standard InChI is InChI=1S/C16H22N2O2/c1-13-2-4-14(5-3-13)6-9-18-10-7-16(8-11-18)12-17-15(19)20-16/h2-5H,6-12H2,1H3,(H,17,19). The summed E-state index contributed by atoms with van der Waals surface area (Å²) in [7, 11) is 0. The second-order valence-corrected chi connectivity index (χ2v) is 6.00. The fourth-order valence-electron chi connectivity index (χ4n) is 3.01. The summed E-state index contributed by atoms with van der Waals surface area (Å²) in [6, 6.07) is 8.77. The number of ether oxygens (including phenoxy) is 1. The van der Waals surface area contributed by atoms with Gasteiger partial charge in [0.05, 0.1) is 6.54 Å². The molecule has 3 rings (SSSR count). The van der Waals surface area contributed by atoms with Gasteiger partial charge < -0.3 is 15.0 Å². The molecule has 1 aromatic rings. The van der Waals surface area contributed by atoms with Gasteiger partial charge in [0.2, 0.25) is 0 Å². The van der Waals surface area contributed by atoms with E-state index >= 15 is 0 Å². The molecule has 0 aromatic heterocycles. The smallest absolute Gasteiger partial charge is 0.407 e. The first-order chi connectivity index (χ1) is 9.65. The number of carbonyl (C=O) groups excluding carboxylic acids is 1. The summed E-state index contributed by atoms with van der Waals surface area (Å²) in [5.74, 6) is 0. The number of aryl methyl sites for hydroxylation is 1. The van der Waals surface area contributed by atoms with Gasteiger partial charge in [0.1, 0.15) is 5.60 Å². The molecule has 4 heteroatoms. The van der Waals surface area contributed by atoms with E-state index in [4.69, 9.17) is 4.74 Å². The minimum Gasteiger partial charge on any atom is -0.441 e. The third-order valence-electron chi connectivity index (χ3n) is 4.47. The maximum absolute atomic E-state index is 11.2. The second-order valence-electron chi connectivity index (χ2n) is 6.00. The van der Waals surface area contributed by atoms with Gasteiger partial charge in [-0.2, -0.15) is 0 Å². The van der Waals surface area contributed by atoms with Crippen molar-refractivity contribution in [2.75, 3.05) is 26.2 Å². The van der Waals surface area contributed by atoms with Crippen molar-refractivity contribution >= 4 is 6.09 Å². The number of alkyl carbamates (subject to hydrolysis) is 1. The Hall–Kier alpha value is -1.55. The van der Waals surface area contributed by atoms with Crippen molar-refractivity contribution in [3.8, 4) is 0 Å². The predicted octanol–water partition coefficient (Wildman–Crippen LogP) is 2.11. The molecule has 1 aromatic carbocycles. The Morgan fingerprint density at radius 1 is 1.25 bits per heavy atom. The molecular weight excluding hydrogens is 252 g/mol. The highest BCUT2D eigenvalue weighted by atomic mass is 16.6. The van der Waals surface area contributed by atoms with Crippen molar-refractivity contribution in [1.29, 1.82) is 0 Å². The highest BCUT2D eigenvalue weighted by molar-refractivity contribution is 5.70. The van der Waals surface area contributed by atoms with E-state index in [2.05, 4.69) is 41.4 Å². The zero-order valence-electron chi connectivity index (χ0n) is 12.0. The fraction of sp³-hybridized carbons (Fsp3) is 0.562. The molecule has 2 fully saturated rings. The number of nitrogens with one attached hydrogen (secondary N) is 1. The van der Waals surface area contributed by atoms with Crippen molar-refractivity contribution in [2.24, 2.45) is 0 Å². The molecular formula is C16H22N2O2. The molecule has 0 saturated carbocycles. The third-order valence-corrected chi connectivity index (χ3v) is 4.47. The molecule has 0 atom stereocenters. The van der Waals surface area contributed by atoms with Gasteiger partial charge in [0, 0.05) is 32.5 Å². The van der Waals surface area contributed by atoms with E-state index < -0.39 is 0 Å². The number of hydrogen-bond donors (Lipinski definition) is 1. The summed E-state index contributed by atoms with van der Waals surface area (Å²) in [4.78, 5) is 13.7. The van der Waals surface area contributed by atoms with Crippen LogP contribution in [0, 0.1) is 6.92 Å². The van der Waals surface area contributed by atoms with Crippen LogP contribution in [-0.2, 0) is 11.2 Å². The molecule has 2 aliphatic heterocycles. The highest BCUT2D eigenvalue weighted by Gasteiger charge is 2.42. The molecule has 2 aliphatic rings. The first-order valence-electron chi connectivity index (χ1n) is 7.40. The van der Waals surface area contributed by atoms with E-state index in [1.54, 1.807) is 0 Å². The van der Waals surface area contributed by atoms with Gasteiger partial charge in [-0.1, -0.05) is 29.8 Å². The van der Waals surface area contributed by atoms with E-state index in [1.165, 1.54) is 11.1 Å². The molecule has 0 unspecified atom stereocenters. The normalized spacial score (nSPS) is 21.8. The van der Waals surface area contributed by atoms with Gasteiger partial charge in [-0.25, -0.2) is 4.79 Å². The van der Waals surface area contributed by atoms with Gasteiger partial charge in [-0.3, -0.25) is 0 Å². The Labute approximate surface area is 120 Å². The summed E-state index contributed by atoms with van der Waals surface area (Å²) < 4.78 is 5.44. The van der Waals surface area contributed by atoms with Crippen molar-refractivity contribution in [2.45, 2.75) is 31.8 Å². The van der Waals surface area contributed by atoms with Crippen LogP contribution in [0.3, 0.4) is 0 Å². The van der Waals surface area contributed by atoms with Crippen LogP contribution < -0.4 is 5.32 Å². The number of likely N-dealkylation sites (tertiary alicyclic amines) is 1. The second kappa shape index (κ2) is 5.44. The molecule has 0 radical (unpaired) electrons. The number of amides is 1. The summed E-state index contributed by atoms with van der Waals surface area (Å²) in [5.41, 5.74) is 2.48. The molecule has 108 valence electrons. The molecule has 2 saturated heterocycles. The van der Waals surface area contributed by atoms with Crippen molar-refractivity contribution < 1.29 is 9.53 Å². The lowest BCUT2D eigenvalue weighted by molar-refractivity contribution is 0.00123. The zero-order chi connectivity index (χ0) is 14.0. The van der Waals surface area contributed by atoms with Crippen LogP contribution in [0.25, 0.3) is 0 Å².